The summed E-state index contributed by atoms with van der Waals surface area (Å²) in [6.45, 7) is 0.911. The number of benzene rings is 1. The zero-order chi connectivity index (χ0) is 13.4. The first-order chi connectivity index (χ1) is 9.16. The van der Waals surface area contributed by atoms with Gasteiger partial charge in [0.05, 0.1) is 11.2 Å². The Kier molecular flexibility index (Phi) is 2.85. The summed E-state index contributed by atoms with van der Waals surface area (Å²) < 4.78 is 0. The third-order valence-electron chi connectivity index (χ3n) is 3.59. The Bertz CT molecular complexity index is 635. The molecule has 1 aromatic heterocycles. The fourth-order valence-corrected chi connectivity index (χ4v) is 2.47. The highest BCUT2D eigenvalue weighted by atomic mass is 16.4. The van der Waals surface area contributed by atoms with Crippen molar-refractivity contribution in [2.75, 3.05) is 18.5 Å². The lowest BCUT2D eigenvalue weighted by Gasteiger charge is -2.22. The topological polar surface area (TPSA) is 53.4 Å². The molecule has 1 aromatic carbocycles. The Morgan fingerprint density at radius 2 is 2.16 bits per heavy atom. The van der Waals surface area contributed by atoms with Gasteiger partial charge in [0.15, 0.2) is 0 Å². The third kappa shape index (κ3) is 2.26. The van der Waals surface area contributed by atoms with Crippen molar-refractivity contribution in [2.24, 2.45) is 5.92 Å². The molecule has 0 amide bonds. The highest BCUT2D eigenvalue weighted by Gasteiger charge is 2.25. The number of fused-ring (bicyclic) bond motifs is 1. The van der Waals surface area contributed by atoms with Crippen molar-refractivity contribution < 1.29 is 9.90 Å². The van der Waals surface area contributed by atoms with Gasteiger partial charge in [-0.3, -0.25) is 4.98 Å². The summed E-state index contributed by atoms with van der Waals surface area (Å²) in [5.41, 5.74) is 1.90. The van der Waals surface area contributed by atoms with Crippen LogP contribution in [0.25, 0.3) is 10.9 Å². The molecule has 0 saturated heterocycles. The standard InChI is InChI=1S/C15H16N2O2/c1-17(9-10-6-7-10)14-11-4-2-3-5-13(11)16-8-12(14)15(18)19/h2-5,8,10H,6-7,9H2,1H3,(H,18,19). The van der Waals surface area contributed by atoms with Gasteiger partial charge < -0.3 is 10.0 Å². The second kappa shape index (κ2) is 4.53. The predicted molar refractivity (Wildman–Crippen MR) is 74.7 cm³/mol. The average molecular weight is 256 g/mol. The van der Waals surface area contributed by atoms with Crippen LogP contribution in [0.4, 0.5) is 5.69 Å². The van der Waals surface area contributed by atoms with Crippen molar-refractivity contribution in [3.63, 3.8) is 0 Å². The first-order valence-electron chi connectivity index (χ1n) is 6.49. The lowest BCUT2D eigenvalue weighted by molar-refractivity contribution is 0.0697. The van der Waals surface area contributed by atoms with Gasteiger partial charge in [-0.2, -0.15) is 0 Å². The maximum Gasteiger partial charge on any atom is 0.339 e. The number of aromatic nitrogens is 1. The van der Waals surface area contributed by atoms with E-state index >= 15 is 0 Å². The molecular weight excluding hydrogens is 240 g/mol. The molecule has 1 aliphatic rings. The lowest BCUT2D eigenvalue weighted by Crippen LogP contribution is -2.23. The Labute approximate surface area is 111 Å². The number of carbonyl (C=O) groups is 1. The van der Waals surface area contributed by atoms with Gasteiger partial charge in [-0.25, -0.2) is 4.79 Å². The summed E-state index contributed by atoms with van der Waals surface area (Å²) in [6, 6.07) is 7.69. The minimum absolute atomic E-state index is 0.279. The Balaban J connectivity index is 2.15. The lowest BCUT2D eigenvalue weighted by atomic mass is 10.1. The normalized spacial score (nSPS) is 14.6. The van der Waals surface area contributed by atoms with Gasteiger partial charge in [-0.15, -0.1) is 0 Å². The van der Waals surface area contributed by atoms with E-state index in [9.17, 15) is 9.90 Å². The first-order valence-corrected chi connectivity index (χ1v) is 6.49. The largest absolute Gasteiger partial charge is 0.478 e. The Morgan fingerprint density at radius 1 is 1.42 bits per heavy atom. The third-order valence-corrected chi connectivity index (χ3v) is 3.59. The highest BCUT2D eigenvalue weighted by molar-refractivity contribution is 6.04. The van der Waals surface area contributed by atoms with E-state index in [-0.39, 0.29) is 5.56 Å². The van der Waals surface area contributed by atoms with Crippen molar-refractivity contribution in [3.8, 4) is 0 Å². The highest BCUT2D eigenvalue weighted by Crippen LogP contribution is 2.34. The van der Waals surface area contributed by atoms with E-state index in [0.29, 0.717) is 5.92 Å². The van der Waals surface area contributed by atoms with Gasteiger partial charge in [0.2, 0.25) is 0 Å². The number of carboxylic acids is 1. The van der Waals surface area contributed by atoms with E-state index in [2.05, 4.69) is 9.88 Å². The van der Waals surface area contributed by atoms with Gasteiger partial charge >= 0.3 is 5.97 Å². The van der Waals surface area contributed by atoms with Gasteiger partial charge in [0, 0.05) is 25.2 Å². The van der Waals surface area contributed by atoms with Crippen molar-refractivity contribution in [1.82, 2.24) is 4.98 Å². The number of para-hydroxylation sites is 1. The van der Waals surface area contributed by atoms with Crippen LogP contribution in [0, 0.1) is 5.92 Å². The summed E-state index contributed by atoms with van der Waals surface area (Å²) in [5.74, 6) is -0.213. The van der Waals surface area contributed by atoms with Crippen molar-refractivity contribution >= 4 is 22.6 Å². The molecule has 0 bridgehead atoms. The minimum atomic E-state index is -0.920. The molecule has 0 radical (unpaired) electrons. The number of hydrogen-bond acceptors (Lipinski definition) is 3. The summed E-state index contributed by atoms with van der Waals surface area (Å²) in [4.78, 5) is 17.7. The van der Waals surface area contributed by atoms with E-state index < -0.39 is 5.97 Å². The van der Waals surface area contributed by atoms with E-state index in [1.807, 2.05) is 31.3 Å². The number of rotatable bonds is 4. The molecule has 0 atom stereocenters. The number of pyridine rings is 1. The molecule has 0 spiro atoms. The zero-order valence-electron chi connectivity index (χ0n) is 10.8. The maximum atomic E-state index is 11.4. The van der Waals surface area contributed by atoms with Gasteiger partial charge in [0.25, 0.3) is 0 Å². The number of aromatic carboxylic acids is 1. The van der Waals surface area contributed by atoms with E-state index in [1.54, 1.807) is 0 Å². The van der Waals surface area contributed by atoms with Crippen molar-refractivity contribution in [2.45, 2.75) is 12.8 Å². The summed E-state index contributed by atoms with van der Waals surface area (Å²) in [5, 5.41) is 10.3. The van der Waals surface area contributed by atoms with Crippen LogP contribution >= 0.6 is 0 Å². The molecule has 0 unspecified atom stereocenters. The molecular formula is C15H16N2O2. The van der Waals surface area contributed by atoms with Crippen LogP contribution in [0.5, 0.6) is 0 Å². The molecule has 4 heteroatoms. The molecule has 2 aromatic rings. The second-order valence-corrected chi connectivity index (χ2v) is 5.17. The summed E-state index contributed by atoms with van der Waals surface area (Å²) >= 11 is 0. The molecule has 4 nitrogen and oxygen atoms in total. The molecule has 1 heterocycles. The van der Waals surface area contributed by atoms with E-state index in [1.165, 1.54) is 19.0 Å². The van der Waals surface area contributed by atoms with Crippen LogP contribution in [0.3, 0.4) is 0 Å². The van der Waals surface area contributed by atoms with E-state index in [4.69, 9.17) is 0 Å². The van der Waals surface area contributed by atoms with Crippen LogP contribution in [0.1, 0.15) is 23.2 Å². The Morgan fingerprint density at radius 3 is 2.84 bits per heavy atom. The van der Waals surface area contributed by atoms with Crippen molar-refractivity contribution in [1.29, 1.82) is 0 Å². The fourth-order valence-electron chi connectivity index (χ4n) is 2.47. The van der Waals surface area contributed by atoms with Crippen LogP contribution < -0.4 is 4.90 Å². The molecule has 1 aliphatic carbocycles. The SMILES string of the molecule is CN(CC1CC1)c1c(C(=O)O)cnc2ccccc12. The number of hydrogen-bond donors (Lipinski definition) is 1. The van der Waals surface area contributed by atoms with Crippen LogP contribution in [-0.2, 0) is 0 Å². The van der Waals surface area contributed by atoms with Gasteiger partial charge in [0.1, 0.15) is 5.56 Å². The molecule has 19 heavy (non-hydrogen) atoms. The maximum absolute atomic E-state index is 11.4. The van der Waals surface area contributed by atoms with Crippen molar-refractivity contribution in [3.05, 3.63) is 36.0 Å². The molecule has 98 valence electrons. The predicted octanol–water partition coefficient (Wildman–Crippen LogP) is 2.78. The van der Waals surface area contributed by atoms with Crippen LogP contribution in [-0.4, -0.2) is 29.7 Å². The summed E-state index contributed by atoms with van der Waals surface area (Å²) in [6.07, 6.45) is 3.95. The number of carboxylic acid groups (broad SMARTS) is 1. The first kappa shape index (κ1) is 12.0. The summed E-state index contributed by atoms with van der Waals surface area (Å²) in [7, 11) is 1.96. The van der Waals surface area contributed by atoms with Crippen LogP contribution in [0.15, 0.2) is 30.5 Å². The molecule has 1 N–H and O–H groups in total. The zero-order valence-corrected chi connectivity index (χ0v) is 10.8. The number of anilines is 1. The van der Waals surface area contributed by atoms with E-state index in [0.717, 1.165) is 23.1 Å². The molecule has 0 aliphatic heterocycles. The quantitative estimate of drug-likeness (QED) is 0.914. The second-order valence-electron chi connectivity index (χ2n) is 5.17. The van der Waals surface area contributed by atoms with Gasteiger partial charge in [-0.1, -0.05) is 18.2 Å². The Hall–Kier alpha value is -2.10. The smallest absolute Gasteiger partial charge is 0.339 e. The minimum Gasteiger partial charge on any atom is -0.478 e. The molecule has 1 fully saturated rings. The van der Waals surface area contributed by atoms with Gasteiger partial charge in [-0.05, 0) is 24.8 Å². The average Bonchev–Trinajstić information content (AvgIpc) is 3.21. The monoisotopic (exact) mass is 256 g/mol. The van der Waals surface area contributed by atoms with Crippen LogP contribution in [0.2, 0.25) is 0 Å². The fraction of sp³-hybridized carbons (Fsp3) is 0.333. The molecule has 1 saturated carbocycles. The number of nitrogens with zero attached hydrogens (tertiary/aromatic N) is 2. The molecule has 3 rings (SSSR count).